The summed E-state index contributed by atoms with van der Waals surface area (Å²) in [6.45, 7) is 8.83. The Morgan fingerprint density at radius 3 is 2.63 bits per heavy atom. The highest BCUT2D eigenvalue weighted by Gasteiger charge is 2.30. The number of hydrogen-bond acceptors (Lipinski definition) is 3. The standard InChI is InChI=1S/C24H34N4O2/c1-18(2)25-23(29)17-28-16-20(21-9-3-4-10-22(21)28)15-26-11-7-8-19(14-26)24(30)27-12-5-6-13-27/h3-4,9-10,16,18-19H,5-8,11-15,17H2,1-2H3,(H,25,29)/t19-/m0/s1. The zero-order chi connectivity index (χ0) is 21.1. The van der Waals surface area contributed by atoms with E-state index in [4.69, 9.17) is 0 Å². The number of fused-ring (bicyclic) bond motifs is 1. The molecule has 6 heteroatoms. The van der Waals surface area contributed by atoms with E-state index in [0.29, 0.717) is 12.5 Å². The Labute approximate surface area is 179 Å². The van der Waals surface area contributed by atoms with Gasteiger partial charge in [-0.15, -0.1) is 0 Å². The predicted octanol–water partition coefficient (Wildman–Crippen LogP) is 3.00. The molecule has 1 aromatic heterocycles. The first-order valence-corrected chi connectivity index (χ1v) is 11.4. The number of aromatic nitrogens is 1. The summed E-state index contributed by atoms with van der Waals surface area (Å²) in [5.74, 6) is 0.513. The molecule has 3 heterocycles. The molecule has 2 aromatic rings. The van der Waals surface area contributed by atoms with E-state index in [1.54, 1.807) is 0 Å². The van der Waals surface area contributed by atoms with Crippen LogP contribution in [0.2, 0.25) is 0 Å². The van der Waals surface area contributed by atoms with Gasteiger partial charge in [-0.05, 0) is 57.7 Å². The summed E-state index contributed by atoms with van der Waals surface area (Å²) in [7, 11) is 0. The molecule has 1 aromatic carbocycles. The van der Waals surface area contributed by atoms with Crippen molar-refractivity contribution in [3.8, 4) is 0 Å². The molecule has 30 heavy (non-hydrogen) atoms. The van der Waals surface area contributed by atoms with Crippen LogP contribution in [0.5, 0.6) is 0 Å². The topological polar surface area (TPSA) is 57.6 Å². The van der Waals surface area contributed by atoms with E-state index in [2.05, 4.69) is 44.1 Å². The van der Waals surface area contributed by atoms with Gasteiger partial charge in [-0.25, -0.2) is 0 Å². The molecule has 2 amide bonds. The first kappa shape index (κ1) is 20.9. The third-order valence-corrected chi connectivity index (χ3v) is 6.30. The molecule has 0 aliphatic carbocycles. The number of hydrogen-bond donors (Lipinski definition) is 1. The van der Waals surface area contributed by atoms with Crippen LogP contribution in [0.4, 0.5) is 0 Å². The van der Waals surface area contributed by atoms with Gasteiger partial charge in [0, 0.05) is 49.3 Å². The second-order valence-electron chi connectivity index (χ2n) is 9.13. The van der Waals surface area contributed by atoms with Gasteiger partial charge in [0.05, 0.1) is 5.92 Å². The minimum atomic E-state index is 0.0338. The lowest BCUT2D eigenvalue weighted by atomic mass is 9.96. The Hall–Kier alpha value is -2.34. The minimum Gasteiger partial charge on any atom is -0.352 e. The molecule has 2 aliphatic rings. The Morgan fingerprint density at radius 2 is 1.87 bits per heavy atom. The van der Waals surface area contributed by atoms with Crippen LogP contribution in [0.25, 0.3) is 10.9 Å². The molecule has 4 rings (SSSR count). The number of benzene rings is 1. The van der Waals surface area contributed by atoms with E-state index >= 15 is 0 Å². The van der Waals surface area contributed by atoms with Gasteiger partial charge in [-0.2, -0.15) is 0 Å². The van der Waals surface area contributed by atoms with Crippen molar-refractivity contribution in [2.24, 2.45) is 5.92 Å². The van der Waals surface area contributed by atoms with Gasteiger partial charge >= 0.3 is 0 Å². The van der Waals surface area contributed by atoms with E-state index in [9.17, 15) is 9.59 Å². The van der Waals surface area contributed by atoms with E-state index < -0.39 is 0 Å². The molecule has 2 aliphatic heterocycles. The van der Waals surface area contributed by atoms with Crippen molar-refractivity contribution < 1.29 is 9.59 Å². The molecule has 0 saturated carbocycles. The van der Waals surface area contributed by atoms with Crippen molar-refractivity contribution in [1.29, 1.82) is 0 Å². The molecular formula is C24H34N4O2. The molecule has 0 radical (unpaired) electrons. The van der Waals surface area contributed by atoms with Gasteiger partial charge in [0.25, 0.3) is 0 Å². The smallest absolute Gasteiger partial charge is 0.240 e. The van der Waals surface area contributed by atoms with Crippen molar-refractivity contribution >= 4 is 22.7 Å². The van der Waals surface area contributed by atoms with Crippen LogP contribution < -0.4 is 5.32 Å². The lowest BCUT2D eigenvalue weighted by Gasteiger charge is -2.33. The number of para-hydroxylation sites is 1. The summed E-state index contributed by atoms with van der Waals surface area (Å²) in [4.78, 5) is 29.7. The van der Waals surface area contributed by atoms with E-state index in [1.807, 2.05) is 19.9 Å². The molecule has 2 saturated heterocycles. The summed E-state index contributed by atoms with van der Waals surface area (Å²) < 4.78 is 2.05. The van der Waals surface area contributed by atoms with Gasteiger partial charge < -0.3 is 14.8 Å². The van der Waals surface area contributed by atoms with Gasteiger partial charge in [-0.3, -0.25) is 14.5 Å². The van der Waals surface area contributed by atoms with Crippen LogP contribution in [0.3, 0.4) is 0 Å². The zero-order valence-corrected chi connectivity index (χ0v) is 18.3. The summed E-state index contributed by atoms with van der Waals surface area (Å²) >= 11 is 0. The first-order chi connectivity index (χ1) is 14.5. The van der Waals surface area contributed by atoms with Crippen molar-refractivity contribution in [3.63, 3.8) is 0 Å². The van der Waals surface area contributed by atoms with Crippen molar-refractivity contribution in [3.05, 3.63) is 36.0 Å². The highest BCUT2D eigenvalue weighted by molar-refractivity contribution is 5.86. The van der Waals surface area contributed by atoms with Crippen LogP contribution in [0.1, 0.15) is 45.1 Å². The fourth-order valence-corrected chi connectivity index (χ4v) is 4.94. The van der Waals surface area contributed by atoms with Crippen LogP contribution >= 0.6 is 0 Å². The second kappa shape index (κ2) is 9.21. The predicted molar refractivity (Wildman–Crippen MR) is 119 cm³/mol. The molecule has 2 fully saturated rings. The number of carbonyl (C=O) groups is 2. The third kappa shape index (κ3) is 4.69. The number of rotatable bonds is 6. The number of amides is 2. The van der Waals surface area contributed by atoms with E-state index in [1.165, 1.54) is 10.9 Å². The van der Waals surface area contributed by atoms with Crippen LogP contribution in [0, 0.1) is 5.92 Å². The SMILES string of the molecule is CC(C)NC(=O)Cn1cc(CN2CCC[C@H](C(=O)N3CCCC3)C2)c2ccccc21. The van der Waals surface area contributed by atoms with E-state index in [-0.39, 0.29) is 17.9 Å². The molecule has 6 nitrogen and oxygen atoms in total. The van der Waals surface area contributed by atoms with Crippen LogP contribution in [0.15, 0.2) is 30.5 Å². The quantitative estimate of drug-likeness (QED) is 0.797. The van der Waals surface area contributed by atoms with E-state index in [0.717, 1.165) is 63.9 Å². The zero-order valence-electron chi connectivity index (χ0n) is 18.3. The average Bonchev–Trinajstić information content (AvgIpc) is 3.37. The molecule has 162 valence electrons. The van der Waals surface area contributed by atoms with Crippen LogP contribution in [-0.4, -0.2) is 58.4 Å². The second-order valence-corrected chi connectivity index (χ2v) is 9.13. The lowest BCUT2D eigenvalue weighted by Crippen LogP contribution is -2.43. The Bertz CT molecular complexity index is 898. The van der Waals surface area contributed by atoms with Crippen LogP contribution in [-0.2, 0) is 22.7 Å². The van der Waals surface area contributed by atoms with Gasteiger partial charge in [-0.1, -0.05) is 18.2 Å². The highest BCUT2D eigenvalue weighted by Crippen LogP contribution is 2.26. The molecule has 1 atom stereocenters. The number of nitrogens with zero attached hydrogens (tertiary/aromatic N) is 3. The third-order valence-electron chi connectivity index (χ3n) is 6.30. The summed E-state index contributed by atoms with van der Waals surface area (Å²) in [6.07, 6.45) is 6.48. The summed E-state index contributed by atoms with van der Waals surface area (Å²) in [5.41, 5.74) is 2.32. The number of carbonyl (C=O) groups excluding carboxylic acids is 2. The van der Waals surface area contributed by atoms with Crippen molar-refractivity contribution in [2.45, 2.75) is 58.7 Å². The minimum absolute atomic E-state index is 0.0338. The van der Waals surface area contributed by atoms with Crippen molar-refractivity contribution in [2.75, 3.05) is 26.2 Å². The molecule has 1 N–H and O–H groups in total. The molecule has 0 bridgehead atoms. The maximum atomic E-state index is 12.9. The highest BCUT2D eigenvalue weighted by atomic mass is 16.2. The first-order valence-electron chi connectivity index (χ1n) is 11.4. The van der Waals surface area contributed by atoms with Gasteiger partial charge in [0.1, 0.15) is 6.54 Å². The molecular weight excluding hydrogens is 376 g/mol. The maximum Gasteiger partial charge on any atom is 0.240 e. The number of piperidine rings is 1. The fourth-order valence-electron chi connectivity index (χ4n) is 4.94. The number of likely N-dealkylation sites (tertiary alicyclic amines) is 2. The summed E-state index contributed by atoms with van der Waals surface area (Å²) in [5, 5.41) is 4.18. The average molecular weight is 411 g/mol. The monoisotopic (exact) mass is 410 g/mol. The Balaban J connectivity index is 1.48. The Kier molecular flexibility index (Phi) is 6.42. The largest absolute Gasteiger partial charge is 0.352 e. The fraction of sp³-hybridized carbons (Fsp3) is 0.583. The summed E-state index contributed by atoms with van der Waals surface area (Å²) in [6, 6.07) is 8.43. The van der Waals surface area contributed by atoms with Gasteiger partial charge in [0.15, 0.2) is 0 Å². The van der Waals surface area contributed by atoms with Crippen molar-refractivity contribution in [1.82, 2.24) is 19.7 Å². The lowest BCUT2D eigenvalue weighted by molar-refractivity contribution is -0.136. The Morgan fingerprint density at radius 1 is 1.10 bits per heavy atom. The molecule has 0 spiro atoms. The normalized spacial score (nSPS) is 20.2. The molecule has 0 unspecified atom stereocenters. The van der Waals surface area contributed by atoms with Gasteiger partial charge in [0.2, 0.25) is 11.8 Å². The number of nitrogens with one attached hydrogen (secondary N) is 1. The maximum absolute atomic E-state index is 12.9.